The number of Topliss-reactive ketones (excluding diaryl/α,β-unsaturated/α-hetero) is 1. The fraction of sp³-hybridized carbons (Fsp3) is 0.385. The van der Waals surface area contributed by atoms with E-state index in [4.69, 9.17) is 25.8 Å². The second-order valence-corrected chi connectivity index (χ2v) is 8.39. The van der Waals surface area contributed by atoms with E-state index < -0.39 is 17.7 Å². The maximum Gasteiger partial charge on any atom is 0.295 e. The van der Waals surface area contributed by atoms with Gasteiger partial charge >= 0.3 is 0 Å². The first-order valence-electron chi connectivity index (χ1n) is 11.4. The third kappa shape index (κ3) is 5.23. The average molecular weight is 503 g/mol. The van der Waals surface area contributed by atoms with Crippen LogP contribution in [0.3, 0.4) is 0 Å². The number of methoxy groups -OCH3 is 3. The lowest BCUT2D eigenvalue weighted by Gasteiger charge is -2.28. The van der Waals surface area contributed by atoms with E-state index in [2.05, 4.69) is 4.90 Å². The summed E-state index contributed by atoms with van der Waals surface area (Å²) in [6.45, 7) is 6.62. The maximum atomic E-state index is 13.3. The third-order valence-electron chi connectivity index (χ3n) is 6.25. The molecule has 1 unspecified atom stereocenters. The van der Waals surface area contributed by atoms with Crippen molar-refractivity contribution in [2.75, 3.05) is 47.5 Å². The Kier molecular flexibility index (Phi) is 8.64. The van der Waals surface area contributed by atoms with Gasteiger partial charge in [-0.1, -0.05) is 37.6 Å². The van der Waals surface area contributed by atoms with Crippen molar-refractivity contribution in [1.29, 1.82) is 0 Å². The lowest BCUT2D eigenvalue weighted by atomic mass is 9.94. The van der Waals surface area contributed by atoms with Gasteiger partial charge in [0.1, 0.15) is 23.0 Å². The summed E-state index contributed by atoms with van der Waals surface area (Å²) in [4.78, 5) is 30.2. The van der Waals surface area contributed by atoms with E-state index in [1.165, 1.54) is 31.3 Å². The monoisotopic (exact) mass is 502 g/mol. The lowest BCUT2D eigenvalue weighted by molar-refractivity contribution is -0.140. The molecule has 0 aliphatic carbocycles. The highest BCUT2D eigenvalue weighted by molar-refractivity contribution is 6.46. The molecule has 1 fully saturated rings. The predicted octanol–water partition coefficient (Wildman–Crippen LogP) is 4.13. The Balaban J connectivity index is 2.19. The van der Waals surface area contributed by atoms with E-state index in [0.717, 1.165) is 13.1 Å². The van der Waals surface area contributed by atoms with Crippen LogP contribution in [0.25, 0.3) is 5.76 Å². The number of likely N-dealkylation sites (tertiary alicyclic amines) is 1. The molecule has 35 heavy (non-hydrogen) atoms. The summed E-state index contributed by atoms with van der Waals surface area (Å²) in [5.74, 6) is -0.612. The van der Waals surface area contributed by atoms with Crippen LogP contribution in [0.15, 0.2) is 42.0 Å². The van der Waals surface area contributed by atoms with Crippen molar-refractivity contribution in [2.24, 2.45) is 0 Å². The number of halogens is 1. The van der Waals surface area contributed by atoms with Gasteiger partial charge in [-0.3, -0.25) is 9.59 Å². The summed E-state index contributed by atoms with van der Waals surface area (Å²) in [5.41, 5.74) is 0.849. The molecule has 3 rings (SSSR count). The van der Waals surface area contributed by atoms with Crippen molar-refractivity contribution in [2.45, 2.75) is 19.9 Å². The van der Waals surface area contributed by atoms with Gasteiger partial charge in [-0.25, -0.2) is 0 Å². The normalized spacial score (nSPS) is 17.2. The molecule has 2 aromatic carbocycles. The van der Waals surface area contributed by atoms with Crippen LogP contribution in [0.1, 0.15) is 31.0 Å². The van der Waals surface area contributed by atoms with Crippen LogP contribution in [0, 0.1) is 0 Å². The molecule has 0 spiro atoms. The van der Waals surface area contributed by atoms with Crippen LogP contribution in [0.4, 0.5) is 0 Å². The van der Waals surface area contributed by atoms with Gasteiger partial charge in [0.15, 0.2) is 0 Å². The molecule has 1 aliphatic rings. The Morgan fingerprint density at radius 3 is 2.17 bits per heavy atom. The molecular formula is C26H31ClN2O6. The number of carbonyl (C=O) groups is 2. The van der Waals surface area contributed by atoms with Gasteiger partial charge in [-0.15, -0.1) is 0 Å². The van der Waals surface area contributed by atoms with Gasteiger partial charge < -0.3 is 29.1 Å². The molecule has 0 bridgehead atoms. The van der Waals surface area contributed by atoms with Crippen molar-refractivity contribution in [3.63, 3.8) is 0 Å². The van der Waals surface area contributed by atoms with Gasteiger partial charge in [0.05, 0.1) is 43.5 Å². The first-order chi connectivity index (χ1) is 16.8. The topological polar surface area (TPSA) is 88.5 Å². The highest BCUT2D eigenvalue weighted by atomic mass is 35.5. The number of carbonyl (C=O) groups excluding carboxylic acids is 2. The van der Waals surface area contributed by atoms with Crippen molar-refractivity contribution in [1.82, 2.24) is 9.80 Å². The fourth-order valence-corrected chi connectivity index (χ4v) is 4.45. The number of amides is 1. The number of hydrogen-bond donors (Lipinski definition) is 1. The number of hydrogen-bond acceptors (Lipinski definition) is 7. The van der Waals surface area contributed by atoms with Crippen LogP contribution >= 0.6 is 11.6 Å². The summed E-state index contributed by atoms with van der Waals surface area (Å²) < 4.78 is 16.0. The van der Waals surface area contributed by atoms with Crippen molar-refractivity contribution < 1.29 is 28.9 Å². The number of benzene rings is 2. The Hall–Kier alpha value is -3.23. The number of nitrogens with zero attached hydrogens (tertiary/aromatic N) is 2. The zero-order valence-corrected chi connectivity index (χ0v) is 21.4. The van der Waals surface area contributed by atoms with E-state index >= 15 is 0 Å². The van der Waals surface area contributed by atoms with Gasteiger partial charge in [0.25, 0.3) is 11.7 Å². The number of ether oxygens (including phenoxy) is 3. The molecule has 188 valence electrons. The predicted molar refractivity (Wildman–Crippen MR) is 134 cm³/mol. The van der Waals surface area contributed by atoms with Crippen LogP contribution in [0.5, 0.6) is 17.2 Å². The molecule has 8 nitrogen and oxygen atoms in total. The van der Waals surface area contributed by atoms with Gasteiger partial charge in [-0.05, 0) is 36.9 Å². The number of rotatable bonds is 10. The largest absolute Gasteiger partial charge is 0.507 e. The van der Waals surface area contributed by atoms with Gasteiger partial charge in [0, 0.05) is 19.2 Å². The van der Waals surface area contributed by atoms with E-state index in [9.17, 15) is 14.7 Å². The molecule has 2 aromatic rings. The van der Waals surface area contributed by atoms with E-state index in [1.807, 2.05) is 13.8 Å². The number of likely N-dealkylation sites (N-methyl/N-ethyl adjacent to an activating group) is 1. The minimum Gasteiger partial charge on any atom is -0.507 e. The average Bonchev–Trinajstić information content (AvgIpc) is 3.13. The summed E-state index contributed by atoms with van der Waals surface area (Å²) in [7, 11) is 4.44. The standard InChI is InChI=1S/C26H31ClN2O6/c1-6-28(7-2)12-13-29-23(16-8-10-17(33-3)11-9-16)22(25(31)26(29)32)24(30)18-14-21(35-5)19(27)15-20(18)34-4/h8-11,14-15,23,30H,6-7,12-13H2,1-5H3/b24-22+. The molecule has 1 saturated heterocycles. The van der Waals surface area contributed by atoms with E-state index in [0.29, 0.717) is 30.2 Å². The number of ketones is 1. The molecule has 1 atom stereocenters. The van der Waals surface area contributed by atoms with E-state index in [-0.39, 0.29) is 27.7 Å². The quantitative estimate of drug-likeness (QED) is 0.297. The first-order valence-corrected chi connectivity index (χ1v) is 11.8. The molecule has 1 amide bonds. The number of aliphatic hydroxyl groups excluding tert-OH is 1. The summed E-state index contributed by atoms with van der Waals surface area (Å²) in [6.07, 6.45) is 0. The SMILES string of the molecule is CCN(CC)CCN1C(=O)C(=O)/C(=C(/O)c2cc(OC)c(Cl)cc2OC)C1c1ccc(OC)cc1. The fourth-order valence-electron chi connectivity index (χ4n) is 4.22. The zero-order valence-electron chi connectivity index (χ0n) is 20.6. The maximum absolute atomic E-state index is 13.3. The third-order valence-corrected chi connectivity index (χ3v) is 6.55. The molecule has 1 aliphatic heterocycles. The lowest BCUT2D eigenvalue weighted by Crippen LogP contribution is -2.38. The Labute approximate surface area is 210 Å². The summed E-state index contributed by atoms with van der Waals surface area (Å²) in [5, 5.41) is 11.7. The molecular weight excluding hydrogens is 472 g/mol. The minimum atomic E-state index is -0.789. The van der Waals surface area contributed by atoms with Crippen LogP contribution in [-0.4, -0.2) is 74.1 Å². The molecule has 0 radical (unpaired) electrons. The van der Waals surface area contributed by atoms with E-state index in [1.54, 1.807) is 31.4 Å². The smallest absolute Gasteiger partial charge is 0.295 e. The Morgan fingerprint density at radius 2 is 1.63 bits per heavy atom. The highest BCUT2D eigenvalue weighted by Crippen LogP contribution is 2.43. The minimum absolute atomic E-state index is 0.0256. The summed E-state index contributed by atoms with van der Waals surface area (Å²) >= 11 is 6.22. The highest BCUT2D eigenvalue weighted by Gasteiger charge is 2.46. The van der Waals surface area contributed by atoms with Crippen LogP contribution in [0.2, 0.25) is 5.02 Å². The molecule has 9 heteroatoms. The summed E-state index contributed by atoms with van der Waals surface area (Å²) in [6, 6.07) is 9.28. The second kappa shape index (κ2) is 11.5. The van der Waals surface area contributed by atoms with Gasteiger partial charge in [0.2, 0.25) is 0 Å². The molecule has 0 aromatic heterocycles. The molecule has 1 N–H and O–H groups in total. The van der Waals surface area contributed by atoms with Crippen molar-refractivity contribution >= 4 is 29.1 Å². The Morgan fingerprint density at radius 1 is 1.00 bits per heavy atom. The molecule has 0 saturated carbocycles. The second-order valence-electron chi connectivity index (χ2n) is 7.98. The molecule has 1 heterocycles. The van der Waals surface area contributed by atoms with Gasteiger partial charge in [-0.2, -0.15) is 0 Å². The Bertz CT molecular complexity index is 1110. The number of aliphatic hydroxyl groups is 1. The van der Waals surface area contributed by atoms with Crippen LogP contribution in [-0.2, 0) is 9.59 Å². The first kappa shape index (κ1) is 26.4. The van der Waals surface area contributed by atoms with Crippen molar-refractivity contribution in [3.8, 4) is 17.2 Å². The van der Waals surface area contributed by atoms with Crippen LogP contribution < -0.4 is 14.2 Å². The van der Waals surface area contributed by atoms with Crippen molar-refractivity contribution in [3.05, 3.63) is 58.1 Å². The zero-order chi connectivity index (χ0) is 25.7.